The third-order valence-electron chi connectivity index (χ3n) is 3.98. The fourth-order valence-corrected chi connectivity index (χ4v) is 2.92. The molecular formula is C16H26N2. The van der Waals surface area contributed by atoms with Crippen LogP contribution in [0.25, 0.3) is 0 Å². The Morgan fingerprint density at radius 2 is 2.06 bits per heavy atom. The zero-order valence-corrected chi connectivity index (χ0v) is 11.7. The molecule has 1 fully saturated rings. The minimum Gasteiger partial charge on any atom is -0.326 e. The first-order valence-corrected chi connectivity index (χ1v) is 7.08. The summed E-state index contributed by atoms with van der Waals surface area (Å²) in [4.78, 5) is 0. The highest BCUT2D eigenvalue weighted by molar-refractivity contribution is 5.15. The minimum atomic E-state index is 0.219. The van der Waals surface area contributed by atoms with Crippen LogP contribution in [0.15, 0.2) is 30.3 Å². The second-order valence-corrected chi connectivity index (χ2v) is 6.46. The summed E-state index contributed by atoms with van der Waals surface area (Å²) in [6.07, 6.45) is 4.87. The van der Waals surface area contributed by atoms with E-state index in [-0.39, 0.29) is 6.04 Å². The van der Waals surface area contributed by atoms with Gasteiger partial charge in [-0.15, -0.1) is 0 Å². The molecule has 0 saturated heterocycles. The van der Waals surface area contributed by atoms with Gasteiger partial charge >= 0.3 is 0 Å². The van der Waals surface area contributed by atoms with Gasteiger partial charge in [0.2, 0.25) is 0 Å². The number of nitrogens with two attached hydrogens (primary N) is 1. The molecule has 1 aliphatic carbocycles. The molecule has 1 saturated carbocycles. The summed E-state index contributed by atoms with van der Waals surface area (Å²) in [5, 5.41) is 3.63. The number of nitrogens with one attached hydrogen (secondary N) is 1. The molecule has 0 amide bonds. The lowest BCUT2D eigenvalue weighted by Gasteiger charge is -2.20. The monoisotopic (exact) mass is 246 g/mol. The molecule has 100 valence electrons. The predicted molar refractivity (Wildman–Crippen MR) is 77.5 cm³/mol. The number of hydrogen-bond acceptors (Lipinski definition) is 2. The molecule has 0 radical (unpaired) electrons. The van der Waals surface area contributed by atoms with Crippen LogP contribution in [0.3, 0.4) is 0 Å². The summed E-state index contributed by atoms with van der Waals surface area (Å²) in [5.41, 5.74) is 8.04. The average Bonchev–Trinajstić information content (AvgIpc) is 2.68. The molecule has 18 heavy (non-hydrogen) atoms. The van der Waals surface area contributed by atoms with Gasteiger partial charge < -0.3 is 11.1 Å². The average molecular weight is 246 g/mol. The van der Waals surface area contributed by atoms with Gasteiger partial charge in [0.1, 0.15) is 0 Å². The molecule has 0 spiro atoms. The van der Waals surface area contributed by atoms with E-state index in [0.717, 1.165) is 13.0 Å². The molecule has 1 aromatic carbocycles. The van der Waals surface area contributed by atoms with Crippen LogP contribution in [0.5, 0.6) is 0 Å². The smallest absolute Gasteiger partial charge is 0.0206 e. The van der Waals surface area contributed by atoms with Gasteiger partial charge in [0.15, 0.2) is 0 Å². The van der Waals surface area contributed by atoms with Gasteiger partial charge in [-0.2, -0.15) is 0 Å². The van der Waals surface area contributed by atoms with Crippen LogP contribution in [0.1, 0.15) is 38.7 Å². The van der Waals surface area contributed by atoms with Crippen LogP contribution in [-0.2, 0) is 6.42 Å². The molecule has 2 unspecified atom stereocenters. The molecule has 2 nitrogen and oxygen atoms in total. The molecule has 0 bridgehead atoms. The lowest BCUT2D eigenvalue weighted by Crippen LogP contribution is -2.40. The van der Waals surface area contributed by atoms with Gasteiger partial charge in [0.05, 0.1) is 0 Å². The Labute approximate surface area is 111 Å². The maximum Gasteiger partial charge on any atom is 0.0206 e. The van der Waals surface area contributed by atoms with Gasteiger partial charge in [-0.05, 0) is 36.7 Å². The van der Waals surface area contributed by atoms with Crippen LogP contribution in [0.4, 0.5) is 0 Å². The normalized spacial score (nSPS) is 24.1. The molecule has 0 aliphatic heterocycles. The fourth-order valence-electron chi connectivity index (χ4n) is 2.92. The van der Waals surface area contributed by atoms with Crippen molar-refractivity contribution in [1.29, 1.82) is 0 Å². The van der Waals surface area contributed by atoms with Crippen molar-refractivity contribution in [2.24, 2.45) is 11.1 Å². The van der Waals surface area contributed by atoms with Crippen molar-refractivity contribution in [3.05, 3.63) is 35.9 Å². The van der Waals surface area contributed by atoms with Crippen LogP contribution < -0.4 is 11.1 Å². The third-order valence-corrected chi connectivity index (χ3v) is 3.98. The van der Waals surface area contributed by atoms with E-state index in [2.05, 4.69) is 43.4 Å². The highest BCUT2D eigenvalue weighted by atomic mass is 14.9. The van der Waals surface area contributed by atoms with Crippen LogP contribution in [-0.4, -0.2) is 18.6 Å². The summed E-state index contributed by atoms with van der Waals surface area (Å²) < 4.78 is 0. The highest BCUT2D eigenvalue weighted by Gasteiger charge is 2.30. The molecule has 2 atom stereocenters. The molecule has 3 N–H and O–H groups in total. The van der Waals surface area contributed by atoms with Crippen molar-refractivity contribution in [2.45, 2.75) is 51.6 Å². The maximum atomic E-state index is 6.19. The second kappa shape index (κ2) is 5.85. The van der Waals surface area contributed by atoms with E-state index < -0.39 is 0 Å². The van der Waals surface area contributed by atoms with Crippen molar-refractivity contribution in [3.63, 3.8) is 0 Å². The molecule has 1 aromatic rings. The molecular weight excluding hydrogens is 220 g/mol. The van der Waals surface area contributed by atoms with Crippen LogP contribution >= 0.6 is 0 Å². The Balaban J connectivity index is 1.71. The summed E-state index contributed by atoms with van der Waals surface area (Å²) >= 11 is 0. The first-order chi connectivity index (χ1) is 8.55. The zero-order valence-electron chi connectivity index (χ0n) is 11.7. The first-order valence-electron chi connectivity index (χ1n) is 7.08. The second-order valence-electron chi connectivity index (χ2n) is 6.46. The third kappa shape index (κ3) is 4.11. The SMILES string of the molecule is CC1(C)CCC(NCC(N)Cc2ccccc2)C1. The molecule has 2 heteroatoms. The quantitative estimate of drug-likeness (QED) is 0.838. The van der Waals surface area contributed by atoms with Gasteiger partial charge in [0, 0.05) is 18.6 Å². The first kappa shape index (κ1) is 13.6. The zero-order chi connectivity index (χ0) is 13.0. The van der Waals surface area contributed by atoms with Crippen LogP contribution in [0.2, 0.25) is 0 Å². The Morgan fingerprint density at radius 1 is 1.33 bits per heavy atom. The van der Waals surface area contributed by atoms with Crippen molar-refractivity contribution < 1.29 is 0 Å². The Kier molecular flexibility index (Phi) is 4.41. The van der Waals surface area contributed by atoms with E-state index in [4.69, 9.17) is 5.73 Å². The van der Waals surface area contributed by atoms with E-state index >= 15 is 0 Å². The maximum absolute atomic E-state index is 6.19. The summed E-state index contributed by atoms with van der Waals surface area (Å²) in [6, 6.07) is 11.4. The number of hydrogen-bond donors (Lipinski definition) is 2. The summed E-state index contributed by atoms with van der Waals surface area (Å²) in [7, 11) is 0. The minimum absolute atomic E-state index is 0.219. The predicted octanol–water partition coefficient (Wildman–Crippen LogP) is 2.72. The summed E-state index contributed by atoms with van der Waals surface area (Å²) in [5.74, 6) is 0. The molecule has 2 rings (SSSR count). The van der Waals surface area contributed by atoms with Crippen molar-refractivity contribution in [1.82, 2.24) is 5.32 Å². The van der Waals surface area contributed by atoms with E-state index in [0.29, 0.717) is 11.5 Å². The molecule has 0 aromatic heterocycles. The largest absolute Gasteiger partial charge is 0.326 e. The lowest BCUT2D eigenvalue weighted by atomic mass is 9.92. The summed E-state index contributed by atoms with van der Waals surface area (Å²) in [6.45, 7) is 5.65. The number of benzene rings is 1. The topological polar surface area (TPSA) is 38.0 Å². The van der Waals surface area contributed by atoms with Gasteiger partial charge in [-0.1, -0.05) is 44.2 Å². The van der Waals surface area contributed by atoms with Crippen LogP contribution in [0, 0.1) is 5.41 Å². The lowest BCUT2D eigenvalue weighted by molar-refractivity contribution is 0.362. The molecule has 0 heterocycles. The van der Waals surface area contributed by atoms with E-state index in [9.17, 15) is 0 Å². The number of rotatable bonds is 5. The van der Waals surface area contributed by atoms with E-state index in [1.54, 1.807) is 0 Å². The highest BCUT2D eigenvalue weighted by Crippen LogP contribution is 2.36. The Bertz CT molecular complexity index is 359. The Morgan fingerprint density at radius 3 is 2.67 bits per heavy atom. The fraction of sp³-hybridized carbons (Fsp3) is 0.625. The van der Waals surface area contributed by atoms with Gasteiger partial charge in [-0.3, -0.25) is 0 Å². The molecule has 1 aliphatic rings. The van der Waals surface area contributed by atoms with Crippen molar-refractivity contribution in [2.75, 3.05) is 6.54 Å². The van der Waals surface area contributed by atoms with Gasteiger partial charge in [0.25, 0.3) is 0 Å². The van der Waals surface area contributed by atoms with E-state index in [1.165, 1.54) is 24.8 Å². The Hall–Kier alpha value is -0.860. The van der Waals surface area contributed by atoms with Crippen molar-refractivity contribution >= 4 is 0 Å². The van der Waals surface area contributed by atoms with E-state index in [1.807, 2.05) is 6.07 Å². The van der Waals surface area contributed by atoms with Gasteiger partial charge in [-0.25, -0.2) is 0 Å². The van der Waals surface area contributed by atoms with Crippen molar-refractivity contribution in [3.8, 4) is 0 Å². The standard InChI is InChI=1S/C16H26N2/c1-16(2)9-8-15(11-16)18-12-14(17)10-13-6-4-3-5-7-13/h3-7,14-15,18H,8-12,17H2,1-2H3.